The molecule has 0 radical (unpaired) electrons. The van der Waals surface area contributed by atoms with Crippen LogP contribution in [0.4, 0.5) is 0 Å². The molecule has 1 aromatic heterocycles. The molecule has 6 nitrogen and oxygen atoms in total. The summed E-state index contributed by atoms with van der Waals surface area (Å²) in [6, 6.07) is 13.6. The Morgan fingerprint density at radius 2 is 1.68 bits per heavy atom. The third-order valence-corrected chi connectivity index (χ3v) is 4.63. The van der Waals surface area contributed by atoms with E-state index in [1.54, 1.807) is 12.1 Å². The lowest BCUT2D eigenvalue weighted by atomic mass is 9.74. The molecule has 2 amide bonds. The van der Waals surface area contributed by atoms with Crippen LogP contribution in [0.3, 0.4) is 0 Å². The summed E-state index contributed by atoms with van der Waals surface area (Å²) in [5, 5.41) is 5.34. The zero-order chi connectivity index (χ0) is 17.5. The summed E-state index contributed by atoms with van der Waals surface area (Å²) < 4.78 is 10.6. The standard InChI is InChI=1S/C19H22N2O4/c22-17(20-13-16-7-4-10-25-16)18(23)21-14-19(8-11-24-12-9-19)15-5-2-1-3-6-15/h1-7,10H,8-9,11-14H2,(H,20,22)(H,21,23). The van der Waals surface area contributed by atoms with E-state index in [-0.39, 0.29) is 12.0 Å². The predicted molar refractivity (Wildman–Crippen MR) is 91.7 cm³/mol. The van der Waals surface area contributed by atoms with Crippen LogP contribution in [0, 0.1) is 0 Å². The van der Waals surface area contributed by atoms with E-state index in [1.807, 2.05) is 18.2 Å². The second-order valence-corrected chi connectivity index (χ2v) is 6.20. The summed E-state index contributed by atoms with van der Waals surface area (Å²) in [5.41, 5.74) is 0.964. The van der Waals surface area contributed by atoms with Gasteiger partial charge in [-0.2, -0.15) is 0 Å². The summed E-state index contributed by atoms with van der Waals surface area (Å²) in [5.74, 6) is -0.689. The predicted octanol–water partition coefficient (Wildman–Crippen LogP) is 1.76. The number of benzene rings is 1. The third kappa shape index (κ3) is 4.28. The minimum atomic E-state index is -0.660. The first-order chi connectivity index (χ1) is 12.2. The molecule has 0 atom stereocenters. The van der Waals surface area contributed by atoms with Crippen LogP contribution >= 0.6 is 0 Å². The summed E-state index contributed by atoms with van der Waals surface area (Å²) >= 11 is 0. The minimum Gasteiger partial charge on any atom is -0.467 e. The zero-order valence-electron chi connectivity index (χ0n) is 14.0. The molecule has 132 valence electrons. The van der Waals surface area contributed by atoms with Gasteiger partial charge < -0.3 is 19.8 Å². The minimum absolute atomic E-state index is 0.191. The molecule has 2 heterocycles. The molecule has 1 fully saturated rings. The zero-order valence-corrected chi connectivity index (χ0v) is 14.0. The summed E-state index contributed by atoms with van der Waals surface area (Å²) in [4.78, 5) is 24.1. The number of amides is 2. The normalized spacial score (nSPS) is 16.2. The number of carbonyl (C=O) groups is 2. The Hall–Kier alpha value is -2.60. The van der Waals surface area contributed by atoms with Gasteiger partial charge in [0.25, 0.3) is 0 Å². The second-order valence-electron chi connectivity index (χ2n) is 6.20. The van der Waals surface area contributed by atoms with E-state index < -0.39 is 11.8 Å². The third-order valence-electron chi connectivity index (χ3n) is 4.63. The van der Waals surface area contributed by atoms with Crippen LogP contribution in [0.25, 0.3) is 0 Å². The molecule has 1 aliphatic heterocycles. The van der Waals surface area contributed by atoms with Crippen molar-refractivity contribution in [2.45, 2.75) is 24.8 Å². The maximum atomic E-state index is 12.1. The highest BCUT2D eigenvalue weighted by Crippen LogP contribution is 2.34. The van der Waals surface area contributed by atoms with Crippen molar-refractivity contribution in [3.8, 4) is 0 Å². The molecule has 1 aliphatic rings. The van der Waals surface area contributed by atoms with Crippen molar-refractivity contribution in [1.29, 1.82) is 0 Å². The van der Waals surface area contributed by atoms with E-state index in [0.29, 0.717) is 25.5 Å². The first-order valence-electron chi connectivity index (χ1n) is 8.41. The molecular formula is C19H22N2O4. The molecular weight excluding hydrogens is 320 g/mol. The molecule has 0 spiro atoms. The number of nitrogens with one attached hydrogen (secondary N) is 2. The van der Waals surface area contributed by atoms with Gasteiger partial charge in [0.15, 0.2) is 0 Å². The van der Waals surface area contributed by atoms with Crippen LogP contribution in [0.5, 0.6) is 0 Å². The highest BCUT2D eigenvalue weighted by Gasteiger charge is 2.35. The lowest BCUT2D eigenvalue weighted by molar-refractivity contribution is -0.139. The van der Waals surface area contributed by atoms with E-state index in [1.165, 1.54) is 6.26 Å². The molecule has 6 heteroatoms. The van der Waals surface area contributed by atoms with E-state index in [0.717, 1.165) is 18.4 Å². The topological polar surface area (TPSA) is 80.6 Å². The number of hydrogen-bond donors (Lipinski definition) is 2. The Kier molecular flexibility index (Phi) is 5.50. The van der Waals surface area contributed by atoms with Gasteiger partial charge in [-0.25, -0.2) is 0 Å². The fraction of sp³-hybridized carbons (Fsp3) is 0.368. The lowest BCUT2D eigenvalue weighted by Crippen LogP contribution is -2.48. The number of hydrogen-bond acceptors (Lipinski definition) is 4. The summed E-state index contributed by atoms with van der Waals surface area (Å²) in [7, 11) is 0. The molecule has 25 heavy (non-hydrogen) atoms. The Morgan fingerprint density at radius 1 is 0.960 bits per heavy atom. The highest BCUT2D eigenvalue weighted by atomic mass is 16.5. The molecule has 0 saturated carbocycles. The van der Waals surface area contributed by atoms with Gasteiger partial charge in [-0.15, -0.1) is 0 Å². The van der Waals surface area contributed by atoms with Crippen molar-refractivity contribution in [1.82, 2.24) is 10.6 Å². The summed E-state index contributed by atoms with van der Waals surface area (Å²) in [6.45, 7) is 1.90. The van der Waals surface area contributed by atoms with Crippen LogP contribution in [0.1, 0.15) is 24.2 Å². The fourth-order valence-electron chi connectivity index (χ4n) is 3.11. The molecule has 1 aromatic carbocycles. The van der Waals surface area contributed by atoms with E-state index in [9.17, 15) is 9.59 Å². The van der Waals surface area contributed by atoms with Crippen molar-refractivity contribution in [2.75, 3.05) is 19.8 Å². The van der Waals surface area contributed by atoms with Crippen LogP contribution in [0.15, 0.2) is 53.1 Å². The Bertz CT molecular complexity index is 691. The average Bonchev–Trinajstić information content (AvgIpc) is 3.19. The van der Waals surface area contributed by atoms with Crippen LogP contribution in [-0.2, 0) is 26.3 Å². The molecule has 0 aliphatic carbocycles. The summed E-state index contributed by atoms with van der Waals surface area (Å²) in [6.07, 6.45) is 3.15. The van der Waals surface area contributed by atoms with E-state index >= 15 is 0 Å². The molecule has 3 rings (SSSR count). The fourth-order valence-corrected chi connectivity index (χ4v) is 3.11. The average molecular weight is 342 g/mol. The number of rotatable bonds is 5. The molecule has 2 N–H and O–H groups in total. The quantitative estimate of drug-likeness (QED) is 0.812. The molecule has 1 saturated heterocycles. The smallest absolute Gasteiger partial charge is 0.309 e. The van der Waals surface area contributed by atoms with Gasteiger partial charge in [0, 0.05) is 25.2 Å². The van der Waals surface area contributed by atoms with Gasteiger partial charge in [-0.3, -0.25) is 9.59 Å². The van der Waals surface area contributed by atoms with Crippen molar-refractivity contribution in [2.24, 2.45) is 0 Å². The first-order valence-corrected chi connectivity index (χ1v) is 8.41. The van der Waals surface area contributed by atoms with Crippen LogP contribution < -0.4 is 10.6 Å². The van der Waals surface area contributed by atoms with Crippen molar-refractivity contribution in [3.63, 3.8) is 0 Å². The Morgan fingerprint density at radius 3 is 2.36 bits per heavy atom. The van der Waals surface area contributed by atoms with E-state index in [4.69, 9.17) is 9.15 Å². The van der Waals surface area contributed by atoms with Crippen molar-refractivity contribution in [3.05, 3.63) is 60.1 Å². The van der Waals surface area contributed by atoms with Gasteiger partial charge in [0.2, 0.25) is 0 Å². The molecule has 2 aromatic rings. The maximum absolute atomic E-state index is 12.1. The van der Waals surface area contributed by atoms with Gasteiger partial charge >= 0.3 is 11.8 Å². The Labute approximate surface area is 146 Å². The highest BCUT2D eigenvalue weighted by molar-refractivity contribution is 6.35. The number of furan rings is 1. The van der Waals surface area contributed by atoms with Crippen LogP contribution in [-0.4, -0.2) is 31.6 Å². The first kappa shape index (κ1) is 17.2. The van der Waals surface area contributed by atoms with Gasteiger partial charge in [-0.05, 0) is 30.5 Å². The molecule has 0 unspecified atom stereocenters. The number of ether oxygens (including phenoxy) is 1. The van der Waals surface area contributed by atoms with Gasteiger partial charge in [0.1, 0.15) is 5.76 Å². The van der Waals surface area contributed by atoms with Gasteiger partial charge in [-0.1, -0.05) is 30.3 Å². The van der Waals surface area contributed by atoms with Gasteiger partial charge in [0.05, 0.1) is 12.8 Å². The van der Waals surface area contributed by atoms with Crippen LogP contribution in [0.2, 0.25) is 0 Å². The van der Waals surface area contributed by atoms with Crippen molar-refractivity contribution >= 4 is 11.8 Å². The second kappa shape index (κ2) is 7.98. The monoisotopic (exact) mass is 342 g/mol. The van der Waals surface area contributed by atoms with Crippen molar-refractivity contribution < 1.29 is 18.7 Å². The Balaban J connectivity index is 1.59. The lowest BCUT2D eigenvalue weighted by Gasteiger charge is -2.37. The maximum Gasteiger partial charge on any atom is 0.309 e. The largest absolute Gasteiger partial charge is 0.467 e. The molecule has 0 bridgehead atoms. The van der Waals surface area contributed by atoms with E-state index in [2.05, 4.69) is 22.8 Å². The SMILES string of the molecule is O=C(NCc1ccco1)C(=O)NCC1(c2ccccc2)CCOCC1. The number of carbonyl (C=O) groups excluding carboxylic acids is 2.